The number of amidine groups is 1. The van der Waals surface area contributed by atoms with Crippen LogP contribution in [0.3, 0.4) is 0 Å². The van der Waals surface area contributed by atoms with Gasteiger partial charge in [-0.2, -0.15) is 0 Å². The summed E-state index contributed by atoms with van der Waals surface area (Å²) in [5, 5.41) is 3.82. The Balaban J connectivity index is 1.40. The molecule has 3 unspecified atom stereocenters. The van der Waals surface area contributed by atoms with Gasteiger partial charge in [0.2, 0.25) is 21.8 Å². The van der Waals surface area contributed by atoms with Gasteiger partial charge in [-0.25, -0.2) is 17.9 Å². The fourth-order valence-electron chi connectivity index (χ4n) is 7.02. The highest BCUT2D eigenvalue weighted by Crippen LogP contribution is 2.46. The lowest BCUT2D eigenvalue weighted by molar-refractivity contribution is -0.135. The number of rotatable bonds is 12. The Hall–Kier alpha value is -4.25. The quantitative estimate of drug-likeness (QED) is 0.279. The van der Waals surface area contributed by atoms with Crippen LogP contribution in [0.4, 0.5) is 4.79 Å². The summed E-state index contributed by atoms with van der Waals surface area (Å²) in [6.07, 6.45) is 0. The summed E-state index contributed by atoms with van der Waals surface area (Å²) in [7, 11) is -2.55. The van der Waals surface area contributed by atoms with Crippen LogP contribution in [0.2, 0.25) is 10.0 Å². The number of ether oxygens (including phenoxy) is 2. The van der Waals surface area contributed by atoms with Gasteiger partial charge in [0.25, 0.3) is 0 Å². The third-order valence-corrected chi connectivity index (χ3v) is 11.7. The molecular weight excluding hydrogens is 769 g/mol. The van der Waals surface area contributed by atoms with Gasteiger partial charge in [-0.1, -0.05) is 47.5 Å². The molecule has 3 aliphatic rings. The van der Waals surface area contributed by atoms with Crippen molar-refractivity contribution in [2.45, 2.75) is 36.9 Å². The second-order valence-corrected chi connectivity index (χ2v) is 16.2. The van der Waals surface area contributed by atoms with Crippen LogP contribution in [-0.4, -0.2) is 130 Å². The van der Waals surface area contributed by atoms with Crippen molar-refractivity contribution < 1.29 is 32.3 Å². The van der Waals surface area contributed by atoms with E-state index in [2.05, 4.69) is 10.0 Å². The summed E-state index contributed by atoms with van der Waals surface area (Å²) in [6.45, 7) is 6.36. The smallest absolute Gasteiger partial charge is 0.326 e. The molecular formula is C38H45Cl2N7O7S. The molecule has 0 saturated carbocycles. The number of halogens is 2. The first kappa shape index (κ1) is 40.4. The summed E-state index contributed by atoms with van der Waals surface area (Å²) in [4.78, 5) is 52.2. The molecule has 0 spiro atoms. The maximum absolute atomic E-state index is 15.0. The Kier molecular flexibility index (Phi) is 13.0. The molecule has 2 fully saturated rings. The lowest BCUT2D eigenvalue weighted by Crippen LogP contribution is -2.57. The summed E-state index contributed by atoms with van der Waals surface area (Å²) < 4.78 is 41.2. The summed E-state index contributed by atoms with van der Waals surface area (Å²) in [5.74, 6) is 0.339. The number of urea groups is 1. The van der Waals surface area contributed by atoms with Crippen molar-refractivity contribution in [2.75, 3.05) is 72.7 Å². The number of amides is 4. The van der Waals surface area contributed by atoms with E-state index in [1.165, 1.54) is 19.2 Å². The van der Waals surface area contributed by atoms with E-state index in [0.717, 1.165) is 11.1 Å². The molecule has 55 heavy (non-hydrogen) atoms. The first-order valence-electron chi connectivity index (χ1n) is 18.1. The number of hydrogen-bond acceptors (Lipinski definition) is 9. The van der Waals surface area contributed by atoms with Gasteiger partial charge in [-0.15, -0.1) is 0 Å². The maximum atomic E-state index is 15.0. The standard InChI is InChI=1S/C38H45Cl2N7O7S/c1-4-54-32-14-13-30(55(51,52)43-25(2)24-53-3)21-31(32)37-42-35(26-5-9-28(39)10-6-26)36(27-7-11-29(40)12-8-27)47(37)38(50)46-19-17-45(18-20-46)34(49)23-44-16-15-41-33(48)22-44/h5-14,21,25,35-36,43H,4,15-20,22-24H2,1-3H3,(H,41,48). The number of piperazine rings is 2. The zero-order valence-corrected chi connectivity index (χ0v) is 33.2. The lowest BCUT2D eigenvalue weighted by Gasteiger charge is -2.39. The molecule has 17 heteroatoms. The van der Waals surface area contributed by atoms with Crippen molar-refractivity contribution >= 4 is 56.9 Å². The highest BCUT2D eigenvalue weighted by atomic mass is 35.5. The average Bonchev–Trinajstić information content (AvgIpc) is 3.55. The number of benzene rings is 3. The van der Waals surface area contributed by atoms with Crippen LogP contribution in [0.5, 0.6) is 5.75 Å². The first-order chi connectivity index (χ1) is 26.4. The molecule has 3 aromatic carbocycles. The van der Waals surface area contributed by atoms with E-state index in [-0.39, 0.29) is 68.0 Å². The lowest BCUT2D eigenvalue weighted by atomic mass is 9.93. The van der Waals surface area contributed by atoms with Crippen LogP contribution >= 0.6 is 23.2 Å². The zero-order chi connectivity index (χ0) is 39.3. The molecule has 294 valence electrons. The van der Waals surface area contributed by atoms with Crippen molar-refractivity contribution in [3.05, 3.63) is 93.5 Å². The van der Waals surface area contributed by atoms with Crippen molar-refractivity contribution in [3.8, 4) is 5.75 Å². The summed E-state index contributed by atoms with van der Waals surface area (Å²) >= 11 is 12.6. The van der Waals surface area contributed by atoms with Gasteiger partial charge in [-0.3, -0.25) is 24.4 Å². The van der Waals surface area contributed by atoms with Crippen molar-refractivity contribution in [3.63, 3.8) is 0 Å². The zero-order valence-electron chi connectivity index (χ0n) is 30.9. The molecule has 14 nitrogen and oxygen atoms in total. The molecule has 4 amide bonds. The minimum atomic E-state index is -4.04. The maximum Gasteiger partial charge on any atom is 0.326 e. The number of methoxy groups -OCH3 is 1. The van der Waals surface area contributed by atoms with E-state index in [4.69, 9.17) is 37.7 Å². The molecule has 2 N–H and O–H groups in total. The number of sulfonamides is 1. The molecule has 0 aliphatic carbocycles. The molecule has 2 saturated heterocycles. The van der Waals surface area contributed by atoms with E-state index in [9.17, 15) is 18.0 Å². The second kappa shape index (κ2) is 17.7. The monoisotopic (exact) mass is 813 g/mol. The topological polar surface area (TPSA) is 153 Å². The normalized spacial score (nSPS) is 19.9. The van der Waals surface area contributed by atoms with Crippen LogP contribution in [0.25, 0.3) is 0 Å². The largest absolute Gasteiger partial charge is 0.493 e. The number of nitrogens with zero attached hydrogens (tertiary/aromatic N) is 5. The van der Waals surface area contributed by atoms with Gasteiger partial charge >= 0.3 is 6.03 Å². The van der Waals surface area contributed by atoms with Crippen LogP contribution in [0.1, 0.15) is 42.6 Å². The fraction of sp³-hybridized carbons (Fsp3) is 0.421. The third-order valence-electron chi connectivity index (χ3n) is 9.65. The second-order valence-electron chi connectivity index (χ2n) is 13.6. The van der Waals surface area contributed by atoms with E-state index < -0.39 is 28.1 Å². The Morgan fingerprint density at radius 2 is 1.58 bits per heavy atom. The molecule has 0 radical (unpaired) electrons. The summed E-state index contributed by atoms with van der Waals surface area (Å²) in [6, 6.07) is 16.7. The molecule has 3 heterocycles. The van der Waals surface area contributed by atoms with Gasteiger partial charge < -0.3 is 24.6 Å². The van der Waals surface area contributed by atoms with Crippen molar-refractivity contribution in [2.24, 2.45) is 4.99 Å². The summed E-state index contributed by atoms with van der Waals surface area (Å²) in [5.41, 5.74) is 1.83. The molecule has 3 aliphatic heterocycles. The predicted octanol–water partition coefficient (Wildman–Crippen LogP) is 3.95. The van der Waals surface area contributed by atoms with Gasteiger partial charge in [0, 0.05) is 62.5 Å². The van der Waals surface area contributed by atoms with Crippen LogP contribution in [-0.2, 0) is 24.3 Å². The Labute approximate surface area is 331 Å². The van der Waals surface area contributed by atoms with Crippen molar-refractivity contribution in [1.82, 2.24) is 29.6 Å². The first-order valence-corrected chi connectivity index (χ1v) is 20.3. The Morgan fingerprint density at radius 1 is 0.945 bits per heavy atom. The van der Waals surface area contributed by atoms with E-state index in [0.29, 0.717) is 47.5 Å². The van der Waals surface area contributed by atoms with Crippen LogP contribution in [0.15, 0.2) is 76.6 Å². The number of carbonyl (C=O) groups is 3. The molecule has 0 aromatic heterocycles. The van der Waals surface area contributed by atoms with Gasteiger partial charge in [0.15, 0.2) is 0 Å². The van der Waals surface area contributed by atoms with E-state index in [1.54, 1.807) is 52.0 Å². The van der Waals surface area contributed by atoms with E-state index in [1.807, 2.05) is 36.1 Å². The van der Waals surface area contributed by atoms with Crippen LogP contribution in [0, 0.1) is 0 Å². The minimum absolute atomic E-state index is 0.0414. The third kappa shape index (κ3) is 9.42. The Morgan fingerprint density at radius 3 is 2.20 bits per heavy atom. The number of nitrogens with one attached hydrogen (secondary N) is 2. The highest BCUT2D eigenvalue weighted by molar-refractivity contribution is 7.89. The average molecular weight is 815 g/mol. The molecule has 3 atom stereocenters. The van der Waals surface area contributed by atoms with Crippen LogP contribution < -0.4 is 14.8 Å². The number of hydrogen-bond donors (Lipinski definition) is 2. The van der Waals surface area contributed by atoms with Gasteiger partial charge in [0.1, 0.15) is 17.6 Å². The minimum Gasteiger partial charge on any atom is -0.493 e. The number of carbonyl (C=O) groups excluding carboxylic acids is 3. The van der Waals surface area contributed by atoms with E-state index >= 15 is 4.79 Å². The number of aliphatic imine (C=N–C) groups is 1. The molecule has 6 rings (SSSR count). The van der Waals surface area contributed by atoms with Gasteiger partial charge in [0.05, 0.1) is 42.8 Å². The van der Waals surface area contributed by atoms with Gasteiger partial charge in [-0.05, 0) is 67.4 Å². The SMILES string of the molecule is CCOc1ccc(S(=O)(=O)NC(C)COC)cc1C1=NC(c2ccc(Cl)cc2)C(c2ccc(Cl)cc2)N1C(=O)N1CCN(C(=O)CN2CCNC(=O)C2)CC1. The molecule has 0 bridgehead atoms. The predicted molar refractivity (Wildman–Crippen MR) is 209 cm³/mol. The van der Waals surface area contributed by atoms with Crippen molar-refractivity contribution in [1.29, 1.82) is 0 Å². The molecule has 3 aromatic rings. The fourth-order valence-corrected chi connectivity index (χ4v) is 8.53. The Bertz CT molecular complexity index is 2010. The highest BCUT2D eigenvalue weighted by Gasteiger charge is 2.45.